The van der Waals surface area contributed by atoms with Gasteiger partial charge in [0.25, 0.3) is 0 Å². The summed E-state index contributed by atoms with van der Waals surface area (Å²) in [5.74, 6) is -0.961. The Labute approximate surface area is 168 Å². The number of carboxylic acid groups (broad SMARTS) is 1. The lowest BCUT2D eigenvalue weighted by Gasteiger charge is -2.12. The summed E-state index contributed by atoms with van der Waals surface area (Å²) in [6.45, 7) is 3.85. The Hall–Kier alpha value is -3.45. The summed E-state index contributed by atoms with van der Waals surface area (Å²) in [5.41, 5.74) is 7.21. The number of rotatable bonds is 5. The normalized spacial score (nSPS) is 10.8. The van der Waals surface area contributed by atoms with Gasteiger partial charge in [0, 0.05) is 22.6 Å². The van der Waals surface area contributed by atoms with Gasteiger partial charge in [0.2, 0.25) is 0 Å². The molecule has 0 spiro atoms. The van der Waals surface area contributed by atoms with Crippen LogP contribution in [0.15, 0.2) is 65.8 Å². The lowest BCUT2D eigenvalue weighted by molar-refractivity contribution is 0.0697. The lowest BCUT2D eigenvalue weighted by Crippen LogP contribution is -2.23. The first-order chi connectivity index (χ1) is 13.5. The van der Waals surface area contributed by atoms with E-state index in [1.165, 1.54) is 0 Å². The largest absolute Gasteiger partial charge is 0.478 e. The van der Waals surface area contributed by atoms with Crippen molar-refractivity contribution in [2.45, 2.75) is 13.8 Å². The highest BCUT2D eigenvalue weighted by Crippen LogP contribution is 2.22. The van der Waals surface area contributed by atoms with Gasteiger partial charge in [-0.05, 0) is 56.4 Å². The minimum atomic E-state index is -0.961. The number of hydrazone groups is 1. The Bertz CT molecular complexity index is 1040. The second-order valence-electron chi connectivity index (χ2n) is 6.17. The van der Waals surface area contributed by atoms with E-state index in [1.54, 1.807) is 24.4 Å². The molecule has 0 bridgehead atoms. The zero-order valence-electron chi connectivity index (χ0n) is 15.5. The second-order valence-corrected chi connectivity index (χ2v) is 6.58. The van der Waals surface area contributed by atoms with E-state index in [-0.39, 0.29) is 5.56 Å². The van der Waals surface area contributed by atoms with Crippen LogP contribution < -0.4 is 10.7 Å². The Morgan fingerprint density at radius 3 is 2.50 bits per heavy atom. The van der Waals surface area contributed by atoms with E-state index in [4.69, 9.17) is 12.2 Å². The third-order valence-corrected chi connectivity index (χ3v) is 4.44. The highest BCUT2D eigenvalue weighted by atomic mass is 32.1. The molecular formula is C21H20N4O2S. The van der Waals surface area contributed by atoms with E-state index in [0.717, 1.165) is 22.6 Å². The van der Waals surface area contributed by atoms with Crippen LogP contribution in [0.2, 0.25) is 0 Å². The number of nitrogens with zero attached hydrogens (tertiary/aromatic N) is 2. The number of aryl methyl sites for hydroxylation is 1. The van der Waals surface area contributed by atoms with Crippen LogP contribution in [0.5, 0.6) is 0 Å². The van der Waals surface area contributed by atoms with Crippen LogP contribution in [-0.2, 0) is 0 Å². The minimum Gasteiger partial charge on any atom is -0.478 e. The average Bonchev–Trinajstić information content (AvgIpc) is 2.96. The highest BCUT2D eigenvalue weighted by Gasteiger charge is 2.15. The van der Waals surface area contributed by atoms with Gasteiger partial charge in [-0.2, -0.15) is 5.10 Å². The topological polar surface area (TPSA) is 78.7 Å². The van der Waals surface area contributed by atoms with Gasteiger partial charge in [-0.1, -0.05) is 30.3 Å². The van der Waals surface area contributed by atoms with Crippen molar-refractivity contribution < 1.29 is 9.90 Å². The number of aromatic nitrogens is 1. The number of thiocarbonyl (C=S) groups is 1. The monoisotopic (exact) mass is 392 g/mol. The van der Waals surface area contributed by atoms with Gasteiger partial charge in [0.1, 0.15) is 0 Å². The molecule has 0 fully saturated rings. The van der Waals surface area contributed by atoms with Gasteiger partial charge in [0.05, 0.1) is 17.5 Å². The van der Waals surface area contributed by atoms with Crippen LogP contribution in [0.4, 0.5) is 5.69 Å². The molecule has 1 aromatic heterocycles. The first kappa shape index (κ1) is 19.3. The summed E-state index contributed by atoms with van der Waals surface area (Å²) in [7, 11) is 0. The number of hydrogen-bond donors (Lipinski definition) is 3. The minimum absolute atomic E-state index is 0.249. The smallest absolute Gasteiger partial charge is 0.337 e. The van der Waals surface area contributed by atoms with Crippen molar-refractivity contribution in [2.24, 2.45) is 5.10 Å². The van der Waals surface area contributed by atoms with E-state index in [9.17, 15) is 9.90 Å². The average molecular weight is 392 g/mol. The third-order valence-electron chi connectivity index (χ3n) is 4.25. The molecule has 0 unspecified atom stereocenters. The summed E-state index contributed by atoms with van der Waals surface area (Å²) >= 11 is 5.23. The fourth-order valence-electron chi connectivity index (χ4n) is 2.98. The van der Waals surface area contributed by atoms with Gasteiger partial charge < -0.3 is 15.0 Å². The summed E-state index contributed by atoms with van der Waals surface area (Å²) in [5, 5.41) is 17.1. The van der Waals surface area contributed by atoms with Gasteiger partial charge in [-0.25, -0.2) is 4.79 Å². The standard InChI is InChI=1S/C21H20N4O2S/c1-14-12-16(13-22-24-21(28)23-17-8-4-3-5-9-17)15(2)25(14)19-11-7-6-10-18(19)20(26)27/h3-13H,1-2H3,(H,26,27)(H2,23,24,28)/b22-13+. The number of hydrogen-bond acceptors (Lipinski definition) is 3. The van der Waals surface area contributed by atoms with Gasteiger partial charge >= 0.3 is 5.97 Å². The molecule has 0 radical (unpaired) electrons. The number of carbonyl (C=O) groups is 1. The van der Waals surface area contributed by atoms with E-state index in [2.05, 4.69) is 15.8 Å². The molecule has 6 nitrogen and oxygen atoms in total. The molecule has 0 saturated heterocycles. The first-order valence-electron chi connectivity index (χ1n) is 8.64. The Morgan fingerprint density at radius 1 is 1.11 bits per heavy atom. The van der Waals surface area contributed by atoms with E-state index in [1.807, 2.05) is 60.9 Å². The maximum Gasteiger partial charge on any atom is 0.337 e. The first-order valence-corrected chi connectivity index (χ1v) is 9.05. The zero-order valence-corrected chi connectivity index (χ0v) is 16.3. The van der Waals surface area contributed by atoms with E-state index in [0.29, 0.717) is 10.8 Å². The molecular weight excluding hydrogens is 372 g/mol. The van der Waals surface area contributed by atoms with Crippen molar-refractivity contribution in [3.63, 3.8) is 0 Å². The molecule has 3 N–H and O–H groups in total. The maximum atomic E-state index is 11.6. The molecule has 0 aliphatic rings. The van der Waals surface area contributed by atoms with E-state index < -0.39 is 5.97 Å². The molecule has 3 rings (SSSR count). The Kier molecular flexibility index (Phi) is 5.86. The van der Waals surface area contributed by atoms with Crippen molar-refractivity contribution in [3.05, 3.63) is 83.2 Å². The molecule has 0 saturated carbocycles. The number of aromatic carboxylic acids is 1. The molecule has 0 atom stereocenters. The van der Waals surface area contributed by atoms with E-state index >= 15 is 0 Å². The molecule has 3 aromatic rings. The summed E-state index contributed by atoms with van der Waals surface area (Å²) in [6.07, 6.45) is 1.67. The van der Waals surface area contributed by atoms with Crippen LogP contribution in [-0.4, -0.2) is 27.0 Å². The molecule has 142 valence electrons. The number of anilines is 1. The van der Waals surface area contributed by atoms with Crippen molar-refractivity contribution in [1.29, 1.82) is 0 Å². The molecule has 0 amide bonds. The van der Waals surface area contributed by atoms with Crippen molar-refractivity contribution in [3.8, 4) is 5.69 Å². The number of carboxylic acids is 1. The zero-order chi connectivity index (χ0) is 20.1. The summed E-state index contributed by atoms with van der Waals surface area (Å²) < 4.78 is 1.91. The predicted molar refractivity (Wildman–Crippen MR) is 116 cm³/mol. The quantitative estimate of drug-likeness (QED) is 0.346. The fraction of sp³-hybridized carbons (Fsp3) is 0.0952. The van der Waals surface area contributed by atoms with Crippen molar-refractivity contribution in [2.75, 3.05) is 5.32 Å². The van der Waals surface area contributed by atoms with Gasteiger partial charge in [0.15, 0.2) is 5.11 Å². The molecule has 7 heteroatoms. The summed E-state index contributed by atoms with van der Waals surface area (Å²) in [4.78, 5) is 11.6. The SMILES string of the molecule is Cc1cc(/C=N/NC(=S)Nc2ccccc2)c(C)n1-c1ccccc1C(=O)O. The fourth-order valence-corrected chi connectivity index (χ4v) is 3.15. The number of benzene rings is 2. The van der Waals surface area contributed by atoms with Crippen LogP contribution in [0.1, 0.15) is 27.3 Å². The number of nitrogens with one attached hydrogen (secondary N) is 2. The Balaban J connectivity index is 1.78. The number of para-hydroxylation sites is 2. The predicted octanol–water partition coefficient (Wildman–Crippen LogP) is 4.11. The maximum absolute atomic E-state index is 11.6. The van der Waals surface area contributed by atoms with Crippen molar-refractivity contribution in [1.82, 2.24) is 9.99 Å². The van der Waals surface area contributed by atoms with Crippen LogP contribution in [0.25, 0.3) is 5.69 Å². The third kappa shape index (κ3) is 4.27. The second kappa shape index (κ2) is 8.49. The van der Waals surface area contributed by atoms with Crippen LogP contribution in [0.3, 0.4) is 0 Å². The summed E-state index contributed by atoms with van der Waals surface area (Å²) in [6, 6.07) is 18.5. The molecule has 1 heterocycles. The lowest BCUT2D eigenvalue weighted by atomic mass is 10.1. The van der Waals surface area contributed by atoms with Gasteiger partial charge in [-0.15, -0.1) is 0 Å². The van der Waals surface area contributed by atoms with Gasteiger partial charge in [-0.3, -0.25) is 5.43 Å². The molecule has 2 aromatic carbocycles. The Morgan fingerprint density at radius 2 is 1.79 bits per heavy atom. The molecule has 0 aliphatic heterocycles. The van der Waals surface area contributed by atoms with Crippen LogP contribution >= 0.6 is 12.2 Å². The molecule has 0 aliphatic carbocycles. The van der Waals surface area contributed by atoms with Crippen molar-refractivity contribution >= 4 is 35.2 Å². The highest BCUT2D eigenvalue weighted by molar-refractivity contribution is 7.80. The van der Waals surface area contributed by atoms with Crippen LogP contribution in [0, 0.1) is 13.8 Å². The molecule has 28 heavy (non-hydrogen) atoms.